The first-order chi connectivity index (χ1) is 9.15. The lowest BCUT2D eigenvalue weighted by Crippen LogP contribution is -2.40. The van der Waals surface area contributed by atoms with E-state index >= 15 is 0 Å². The van der Waals surface area contributed by atoms with Gasteiger partial charge in [0.15, 0.2) is 0 Å². The standard InChI is InChI=1S/C13H20N2O3S/c1-9-12(19-11(14-9)8-18-2)13(17)15-5-3-4-10(6-15)7-16/h10,16H,3-8H2,1-2H3. The fraction of sp³-hybridized carbons (Fsp3) is 0.692. The van der Waals surface area contributed by atoms with Crippen LogP contribution in [0.3, 0.4) is 0 Å². The van der Waals surface area contributed by atoms with Crippen molar-refractivity contribution < 1.29 is 14.6 Å². The number of aromatic nitrogens is 1. The predicted molar refractivity (Wildman–Crippen MR) is 73.3 cm³/mol. The maximum Gasteiger partial charge on any atom is 0.265 e. The second-order valence-electron chi connectivity index (χ2n) is 4.90. The van der Waals surface area contributed by atoms with Gasteiger partial charge in [-0.1, -0.05) is 0 Å². The third-order valence-corrected chi connectivity index (χ3v) is 4.49. The average molecular weight is 284 g/mol. The molecule has 1 amide bonds. The van der Waals surface area contributed by atoms with E-state index in [0.29, 0.717) is 18.0 Å². The molecule has 0 aliphatic carbocycles. The van der Waals surface area contributed by atoms with Crippen LogP contribution in [-0.2, 0) is 11.3 Å². The van der Waals surface area contributed by atoms with Gasteiger partial charge in [-0.2, -0.15) is 0 Å². The molecule has 1 aromatic heterocycles. The minimum Gasteiger partial charge on any atom is -0.396 e. The molecule has 106 valence electrons. The molecule has 1 aromatic rings. The van der Waals surface area contributed by atoms with Crippen molar-refractivity contribution in [1.82, 2.24) is 9.88 Å². The van der Waals surface area contributed by atoms with Gasteiger partial charge in [0.2, 0.25) is 0 Å². The molecule has 1 saturated heterocycles. The van der Waals surface area contributed by atoms with Crippen molar-refractivity contribution in [3.63, 3.8) is 0 Å². The number of carbonyl (C=O) groups excluding carboxylic acids is 1. The van der Waals surface area contributed by atoms with Crippen molar-refractivity contribution >= 4 is 17.2 Å². The lowest BCUT2D eigenvalue weighted by Gasteiger charge is -2.31. The summed E-state index contributed by atoms with van der Waals surface area (Å²) < 4.78 is 5.05. The number of nitrogens with zero attached hydrogens (tertiary/aromatic N) is 2. The van der Waals surface area contributed by atoms with E-state index in [4.69, 9.17) is 4.74 Å². The number of aliphatic hydroxyl groups excluding tert-OH is 1. The molecule has 2 rings (SSSR count). The molecule has 1 atom stereocenters. The second kappa shape index (κ2) is 6.45. The van der Waals surface area contributed by atoms with Crippen LogP contribution in [0.15, 0.2) is 0 Å². The smallest absolute Gasteiger partial charge is 0.265 e. The highest BCUT2D eigenvalue weighted by Gasteiger charge is 2.26. The highest BCUT2D eigenvalue weighted by molar-refractivity contribution is 7.13. The van der Waals surface area contributed by atoms with Gasteiger partial charge in [0, 0.05) is 26.8 Å². The Bertz CT molecular complexity index is 447. The van der Waals surface area contributed by atoms with Crippen molar-refractivity contribution in [2.24, 2.45) is 5.92 Å². The summed E-state index contributed by atoms with van der Waals surface area (Å²) in [5.41, 5.74) is 0.771. The first-order valence-corrected chi connectivity index (χ1v) is 7.32. The van der Waals surface area contributed by atoms with E-state index in [2.05, 4.69) is 4.98 Å². The summed E-state index contributed by atoms with van der Waals surface area (Å²) in [6.07, 6.45) is 1.95. The number of aryl methyl sites for hydroxylation is 1. The van der Waals surface area contributed by atoms with Gasteiger partial charge in [-0.05, 0) is 25.7 Å². The maximum absolute atomic E-state index is 12.5. The number of methoxy groups -OCH3 is 1. The molecular weight excluding hydrogens is 264 g/mol. The average Bonchev–Trinajstić information content (AvgIpc) is 2.79. The summed E-state index contributed by atoms with van der Waals surface area (Å²) >= 11 is 1.40. The number of amides is 1. The van der Waals surface area contributed by atoms with Crippen LogP contribution < -0.4 is 0 Å². The topological polar surface area (TPSA) is 62.7 Å². The predicted octanol–water partition coefficient (Wildman–Crippen LogP) is 1.44. The molecule has 5 nitrogen and oxygen atoms in total. The first-order valence-electron chi connectivity index (χ1n) is 6.51. The molecule has 1 unspecified atom stereocenters. The summed E-state index contributed by atoms with van der Waals surface area (Å²) in [4.78, 5) is 19.4. The van der Waals surface area contributed by atoms with Crippen molar-refractivity contribution in [3.05, 3.63) is 15.6 Å². The zero-order valence-electron chi connectivity index (χ0n) is 11.4. The maximum atomic E-state index is 12.5. The highest BCUT2D eigenvalue weighted by atomic mass is 32.1. The Labute approximate surface area is 117 Å². The molecule has 0 aromatic carbocycles. The van der Waals surface area contributed by atoms with E-state index in [1.807, 2.05) is 11.8 Å². The molecule has 0 saturated carbocycles. The number of ether oxygens (including phenoxy) is 1. The van der Waals surface area contributed by atoms with Crippen LogP contribution in [0.1, 0.15) is 33.2 Å². The van der Waals surface area contributed by atoms with Crippen molar-refractivity contribution in [2.45, 2.75) is 26.4 Å². The number of thiazole rings is 1. The molecule has 0 bridgehead atoms. The Morgan fingerprint density at radius 1 is 1.63 bits per heavy atom. The number of hydrogen-bond donors (Lipinski definition) is 1. The molecule has 2 heterocycles. The number of aliphatic hydroxyl groups is 1. The first kappa shape index (κ1) is 14.4. The second-order valence-corrected chi connectivity index (χ2v) is 5.98. The van der Waals surface area contributed by atoms with Crippen LogP contribution in [0.4, 0.5) is 0 Å². The van der Waals surface area contributed by atoms with Crippen molar-refractivity contribution in [3.8, 4) is 0 Å². The Hall–Kier alpha value is -0.980. The van der Waals surface area contributed by atoms with Gasteiger partial charge in [-0.15, -0.1) is 11.3 Å². The van der Waals surface area contributed by atoms with Crippen LogP contribution in [-0.4, -0.2) is 47.7 Å². The number of hydrogen-bond acceptors (Lipinski definition) is 5. The van der Waals surface area contributed by atoms with Crippen molar-refractivity contribution in [1.29, 1.82) is 0 Å². The normalized spacial score (nSPS) is 19.7. The fourth-order valence-electron chi connectivity index (χ4n) is 2.38. The van der Waals surface area contributed by atoms with Crippen LogP contribution >= 0.6 is 11.3 Å². The Morgan fingerprint density at radius 3 is 3.11 bits per heavy atom. The summed E-state index contributed by atoms with van der Waals surface area (Å²) in [7, 11) is 1.62. The summed E-state index contributed by atoms with van der Waals surface area (Å²) in [5.74, 6) is 0.250. The van der Waals surface area contributed by atoms with E-state index < -0.39 is 0 Å². The number of rotatable bonds is 4. The summed E-state index contributed by atoms with van der Waals surface area (Å²) in [6.45, 7) is 3.87. The SMILES string of the molecule is COCc1nc(C)c(C(=O)N2CCCC(CO)C2)s1. The summed E-state index contributed by atoms with van der Waals surface area (Å²) in [6, 6.07) is 0. The molecule has 0 spiro atoms. The monoisotopic (exact) mass is 284 g/mol. The Morgan fingerprint density at radius 2 is 2.42 bits per heavy atom. The van der Waals surface area contributed by atoms with Crippen LogP contribution in [0.25, 0.3) is 0 Å². The molecule has 19 heavy (non-hydrogen) atoms. The Balaban J connectivity index is 2.10. The van der Waals surface area contributed by atoms with Crippen LogP contribution in [0, 0.1) is 12.8 Å². The largest absolute Gasteiger partial charge is 0.396 e. The zero-order valence-corrected chi connectivity index (χ0v) is 12.2. The minimum absolute atomic E-state index is 0.0375. The van der Waals surface area contributed by atoms with Crippen molar-refractivity contribution in [2.75, 3.05) is 26.8 Å². The third kappa shape index (κ3) is 3.32. The van der Waals surface area contributed by atoms with E-state index in [1.54, 1.807) is 7.11 Å². The van der Waals surface area contributed by atoms with E-state index in [-0.39, 0.29) is 18.4 Å². The van der Waals surface area contributed by atoms with Gasteiger partial charge in [-0.25, -0.2) is 4.98 Å². The zero-order chi connectivity index (χ0) is 13.8. The number of piperidine rings is 1. The van der Waals surface area contributed by atoms with Gasteiger partial charge in [0.1, 0.15) is 9.88 Å². The van der Waals surface area contributed by atoms with E-state index in [0.717, 1.165) is 30.1 Å². The van der Waals surface area contributed by atoms with E-state index in [1.165, 1.54) is 11.3 Å². The molecule has 1 aliphatic heterocycles. The van der Waals surface area contributed by atoms with Gasteiger partial charge in [0.05, 0.1) is 12.3 Å². The highest BCUT2D eigenvalue weighted by Crippen LogP contribution is 2.24. The molecule has 0 radical (unpaired) electrons. The fourth-order valence-corrected chi connectivity index (χ4v) is 3.38. The third-order valence-electron chi connectivity index (χ3n) is 3.37. The van der Waals surface area contributed by atoms with Crippen LogP contribution in [0.2, 0.25) is 0 Å². The minimum atomic E-state index is 0.0375. The quantitative estimate of drug-likeness (QED) is 0.909. The number of carbonyl (C=O) groups is 1. The van der Waals surface area contributed by atoms with Gasteiger partial charge >= 0.3 is 0 Å². The lowest BCUT2D eigenvalue weighted by molar-refractivity contribution is 0.0624. The van der Waals surface area contributed by atoms with Gasteiger partial charge < -0.3 is 14.7 Å². The Kier molecular flexibility index (Phi) is 4.90. The van der Waals surface area contributed by atoms with E-state index in [9.17, 15) is 9.90 Å². The molecular formula is C13H20N2O3S. The van der Waals surface area contributed by atoms with Gasteiger partial charge in [-0.3, -0.25) is 4.79 Å². The number of likely N-dealkylation sites (tertiary alicyclic amines) is 1. The van der Waals surface area contributed by atoms with Crippen LogP contribution in [0.5, 0.6) is 0 Å². The molecule has 1 N–H and O–H groups in total. The molecule has 6 heteroatoms. The summed E-state index contributed by atoms with van der Waals surface area (Å²) in [5, 5.41) is 10.1. The lowest BCUT2D eigenvalue weighted by atomic mass is 9.99. The van der Waals surface area contributed by atoms with Gasteiger partial charge in [0.25, 0.3) is 5.91 Å². The molecule has 1 fully saturated rings. The molecule has 1 aliphatic rings.